The van der Waals surface area contributed by atoms with Crippen LogP contribution >= 0.6 is 0 Å². The Labute approximate surface area is 168 Å². The van der Waals surface area contributed by atoms with Crippen LogP contribution in [0, 0.1) is 16.7 Å². The lowest BCUT2D eigenvalue weighted by Crippen LogP contribution is -2.51. The fourth-order valence-corrected chi connectivity index (χ4v) is 5.05. The Morgan fingerprint density at radius 3 is 2.29 bits per heavy atom. The van der Waals surface area contributed by atoms with Gasteiger partial charge in [-0.05, 0) is 62.3 Å². The Balaban J connectivity index is 1.77. The SMILES string of the molecule is CC(C)(C)OC(=O)N[C@H](C(=O)N[C@H]1C[C@H]2CC[C@]1(C)C2(C)C)c1ccccc1. The zero-order valence-electron chi connectivity index (χ0n) is 18.0. The Hall–Kier alpha value is -2.04. The van der Waals surface area contributed by atoms with Crippen LogP contribution in [0.4, 0.5) is 4.79 Å². The van der Waals surface area contributed by atoms with Gasteiger partial charge in [-0.15, -0.1) is 0 Å². The van der Waals surface area contributed by atoms with Crippen molar-refractivity contribution < 1.29 is 14.3 Å². The predicted molar refractivity (Wildman–Crippen MR) is 110 cm³/mol. The third-order valence-corrected chi connectivity index (χ3v) is 7.17. The Morgan fingerprint density at radius 1 is 1.14 bits per heavy atom. The van der Waals surface area contributed by atoms with E-state index in [2.05, 4.69) is 31.4 Å². The number of benzene rings is 1. The van der Waals surface area contributed by atoms with E-state index in [1.807, 2.05) is 51.1 Å². The normalized spacial score (nSPS) is 29.2. The van der Waals surface area contributed by atoms with Gasteiger partial charge in [-0.25, -0.2) is 4.79 Å². The molecule has 28 heavy (non-hydrogen) atoms. The zero-order valence-corrected chi connectivity index (χ0v) is 18.0. The van der Waals surface area contributed by atoms with Gasteiger partial charge in [0.25, 0.3) is 0 Å². The minimum atomic E-state index is -0.776. The van der Waals surface area contributed by atoms with Crippen molar-refractivity contribution in [3.63, 3.8) is 0 Å². The summed E-state index contributed by atoms with van der Waals surface area (Å²) < 4.78 is 5.38. The number of alkyl carbamates (subject to hydrolysis) is 1. The van der Waals surface area contributed by atoms with Crippen molar-refractivity contribution in [1.82, 2.24) is 10.6 Å². The van der Waals surface area contributed by atoms with Gasteiger partial charge in [-0.2, -0.15) is 0 Å². The van der Waals surface area contributed by atoms with Crippen LogP contribution in [0.25, 0.3) is 0 Å². The molecule has 154 valence electrons. The number of carbonyl (C=O) groups excluding carboxylic acids is 2. The van der Waals surface area contributed by atoms with Gasteiger partial charge in [0.2, 0.25) is 5.91 Å². The summed E-state index contributed by atoms with van der Waals surface area (Å²) in [6.07, 6.45) is 2.78. The van der Waals surface area contributed by atoms with Crippen molar-refractivity contribution in [2.24, 2.45) is 16.7 Å². The first kappa shape index (κ1) is 20.7. The topological polar surface area (TPSA) is 67.4 Å². The van der Waals surface area contributed by atoms with Crippen LogP contribution < -0.4 is 10.6 Å². The third kappa shape index (κ3) is 3.76. The summed E-state index contributed by atoms with van der Waals surface area (Å²) in [5, 5.41) is 6.03. The number of rotatable bonds is 4. The predicted octanol–water partition coefficient (Wildman–Crippen LogP) is 4.58. The number of carbonyl (C=O) groups is 2. The highest BCUT2D eigenvalue weighted by Crippen LogP contribution is 2.65. The quantitative estimate of drug-likeness (QED) is 0.796. The number of hydrogen-bond donors (Lipinski definition) is 2. The molecule has 2 saturated carbocycles. The molecule has 2 fully saturated rings. The number of nitrogens with one attached hydrogen (secondary N) is 2. The van der Waals surface area contributed by atoms with Gasteiger partial charge in [0, 0.05) is 6.04 Å². The van der Waals surface area contributed by atoms with Gasteiger partial charge in [0.1, 0.15) is 11.6 Å². The van der Waals surface area contributed by atoms with Gasteiger partial charge >= 0.3 is 6.09 Å². The number of ether oxygens (including phenoxy) is 1. The summed E-state index contributed by atoms with van der Waals surface area (Å²) in [5.74, 6) is 0.462. The van der Waals surface area contributed by atoms with Crippen LogP contribution in [0.15, 0.2) is 30.3 Å². The second kappa shape index (κ2) is 7.09. The number of hydrogen-bond acceptors (Lipinski definition) is 3. The Morgan fingerprint density at radius 2 is 1.79 bits per heavy atom. The van der Waals surface area contributed by atoms with Crippen LogP contribution in [0.5, 0.6) is 0 Å². The maximum Gasteiger partial charge on any atom is 0.408 e. The van der Waals surface area contributed by atoms with Crippen molar-refractivity contribution in [3.05, 3.63) is 35.9 Å². The first-order chi connectivity index (χ1) is 12.9. The van der Waals surface area contributed by atoms with E-state index in [4.69, 9.17) is 4.74 Å². The first-order valence-corrected chi connectivity index (χ1v) is 10.3. The molecule has 2 aliphatic carbocycles. The molecule has 0 unspecified atom stereocenters. The molecule has 0 aliphatic heterocycles. The van der Waals surface area contributed by atoms with Crippen LogP contribution in [-0.2, 0) is 9.53 Å². The summed E-state index contributed by atoms with van der Waals surface area (Å²) in [5.41, 5.74) is 0.425. The smallest absolute Gasteiger partial charge is 0.408 e. The molecule has 0 spiro atoms. The molecule has 4 atom stereocenters. The molecule has 2 amide bonds. The number of amides is 2. The summed E-state index contributed by atoms with van der Waals surface area (Å²) in [6, 6.07) is 8.69. The van der Waals surface area contributed by atoms with Crippen LogP contribution in [0.2, 0.25) is 0 Å². The van der Waals surface area contributed by atoms with E-state index in [9.17, 15) is 9.59 Å². The monoisotopic (exact) mass is 386 g/mol. The average Bonchev–Trinajstić information content (AvgIpc) is 2.92. The van der Waals surface area contributed by atoms with E-state index in [1.165, 1.54) is 6.42 Å². The highest BCUT2D eigenvalue weighted by Gasteiger charge is 2.61. The largest absolute Gasteiger partial charge is 0.444 e. The van der Waals surface area contributed by atoms with Gasteiger partial charge < -0.3 is 15.4 Å². The van der Waals surface area contributed by atoms with Crippen molar-refractivity contribution in [2.75, 3.05) is 0 Å². The van der Waals surface area contributed by atoms with Crippen molar-refractivity contribution in [1.29, 1.82) is 0 Å². The van der Waals surface area contributed by atoms with E-state index < -0.39 is 17.7 Å². The lowest BCUT2D eigenvalue weighted by atomic mass is 9.69. The molecule has 0 heterocycles. The van der Waals surface area contributed by atoms with Crippen LogP contribution in [0.3, 0.4) is 0 Å². The Bertz CT molecular complexity index is 738. The summed E-state index contributed by atoms with van der Waals surface area (Å²) in [4.78, 5) is 25.6. The van der Waals surface area contributed by atoms with E-state index in [0.717, 1.165) is 18.4 Å². The molecule has 0 aromatic heterocycles. The van der Waals surface area contributed by atoms with E-state index in [1.54, 1.807) is 0 Å². The van der Waals surface area contributed by atoms with Crippen molar-refractivity contribution in [2.45, 2.75) is 78.5 Å². The summed E-state index contributed by atoms with van der Waals surface area (Å²) in [7, 11) is 0. The highest BCUT2D eigenvalue weighted by atomic mass is 16.6. The van der Waals surface area contributed by atoms with Gasteiger partial charge in [0.05, 0.1) is 0 Å². The maximum absolute atomic E-state index is 13.2. The molecule has 0 radical (unpaired) electrons. The van der Waals surface area contributed by atoms with Crippen LogP contribution in [-0.4, -0.2) is 23.6 Å². The fraction of sp³-hybridized carbons (Fsp3) is 0.652. The minimum absolute atomic E-state index is 0.0838. The molecule has 0 saturated heterocycles. The van der Waals surface area contributed by atoms with Gasteiger partial charge in [0.15, 0.2) is 0 Å². The maximum atomic E-state index is 13.2. The molecular formula is C23H34N2O3. The first-order valence-electron chi connectivity index (χ1n) is 10.3. The fourth-order valence-electron chi connectivity index (χ4n) is 5.05. The molecular weight excluding hydrogens is 352 g/mol. The summed E-state index contributed by atoms with van der Waals surface area (Å²) >= 11 is 0. The number of fused-ring (bicyclic) bond motifs is 2. The Kier molecular flexibility index (Phi) is 5.24. The van der Waals surface area contributed by atoms with Gasteiger partial charge in [-0.1, -0.05) is 51.1 Å². The van der Waals surface area contributed by atoms with E-state index in [-0.39, 0.29) is 22.8 Å². The standard InChI is InChI=1S/C23H34N2O3/c1-21(2,3)28-20(27)25-18(15-10-8-7-9-11-15)19(26)24-17-14-16-12-13-23(17,6)22(16,4)5/h7-11,16-18H,12-14H2,1-6H3,(H,24,26)(H,25,27)/t16-,17+,18+,23+/m1/s1. The highest BCUT2D eigenvalue weighted by molar-refractivity contribution is 5.87. The van der Waals surface area contributed by atoms with Crippen LogP contribution in [0.1, 0.15) is 72.4 Å². The van der Waals surface area contributed by atoms with Gasteiger partial charge in [-0.3, -0.25) is 4.79 Å². The second-order valence-electron chi connectivity index (χ2n) is 10.2. The molecule has 2 N–H and O–H groups in total. The molecule has 1 aromatic carbocycles. The lowest BCUT2D eigenvalue weighted by Gasteiger charge is -2.40. The van der Waals surface area contributed by atoms with Crippen molar-refractivity contribution >= 4 is 12.0 Å². The van der Waals surface area contributed by atoms with Crippen molar-refractivity contribution in [3.8, 4) is 0 Å². The molecule has 1 aromatic rings. The lowest BCUT2D eigenvalue weighted by molar-refractivity contribution is -0.125. The summed E-state index contributed by atoms with van der Waals surface area (Å²) in [6.45, 7) is 12.4. The third-order valence-electron chi connectivity index (χ3n) is 7.17. The van der Waals surface area contributed by atoms with E-state index >= 15 is 0 Å². The average molecular weight is 387 g/mol. The zero-order chi connectivity index (χ0) is 20.7. The molecule has 2 aliphatic rings. The molecule has 5 nitrogen and oxygen atoms in total. The molecule has 3 rings (SSSR count). The van der Waals surface area contributed by atoms with E-state index in [0.29, 0.717) is 5.92 Å². The second-order valence-corrected chi connectivity index (χ2v) is 10.2. The minimum Gasteiger partial charge on any atom is -0.444 e. The molecule has 2 bridgehead atoms. The molecule has 5 heteroatoms.